The summed E-state index contributed by atoms with van der Waals surface area (Å²) in [6.07, 6.45) is 0.741. The fraction of sp³-hybridized carbons (Fsp3) is 0.292. The summed E-state index contributed by atoms with van der Waals surface area (Å²) in [6, 6.07) is 12.5. The Morgan fingerprint density at radius 1 is 1.10 bits per heavy atom. The van der Waals surface area contributed by atoms with E-state index in [0.29, 0.717) is 22.2 Å². The van der Waals surface area contributed by atoms with Crippen LogP contribution in [0.3, 0.4) is 0 Å². The highest BCUT2D eigenvalue weighted by atomic mass is 16.6. The number of nitrogens with zero attached hydrogens (tertiary/aromatic N) is 1. The monoisotopic (exact) mass is 422 g/mol. The zero-order chi connectivity index (χ0) is 22.5. The molecule has 0 aliphatic carbocycles. The quantitative estimate of drug-likeness (QED) is 0.588. The fourth-order valence-electron chi connectivity index (χ4n) is 3.31. The molecule has 0 radical (unpaired) electrons. The Morgan fingerprint density at radius 2 is 1.87 bits per heavy atom. The van der Waals surface area contributed by atoms with Crippen LogP contribution in [0.15, 0.2) is 53.5 Å². The first-order valence-corrected chi connectivity index (χ1v) is 10.1. The Kier molecular flexibility index (Phi) is 6.74. The molecule has 7 heteroatoms. The lowest BCUT2D eigenvalue weighted by atomic mass is 10.1. The zero-order valence-corrected chi connectivity index (χ0v) is 18.1. The average molecular weight is 422 g/mol. The summed E-state index contributed by atoms with van der Waals surface area (Å²) >= 11 is 0. The van der Waals surface area contributed by atoms with E-state index in [1.54, 1.807) is 44.3 Å². The van der Waals surface area contributed by atoms with Crippen molar-refractivity contribution >= 4 is 28.3 Å². The molecule has 7 nitrogen and oxygen atoms in total. The van der Waals surface area contributed by atoms with Crippen molar-refractivity contribution in [3.63, 3.8) is 0 Å². The number of anilines is 1. The summed E-state index contributed by atoms with van der Waals surface area (Å²) in [7, 11) is 0. The maximum absolute atomic E-state index is 12.9. The van der Waals surface area contributed by atoms with Gasteiger partial charge in [-0.15, -0.1) is 0 Å². The average Bonchev–Trinajstić information content (AvgIpc) is 2.72. The molecule has 0 aliphatic heterocycles. The van der Waals surface area contributed by atoms with Gasteiger partial charge in [-0.3, -0.25) is 9.59 Å². The van der Waals surface area contributed by atoms with Crippen LogP contribution in [0.4, 0.5) is 5.69 Å². The van der Waals surface area contributed by atoms with Gasteiger partial charge in [0.2, 0.25) is 5.91 Å². The number of aromatic nitrogens is 1. The summed E-state index contributed by atoms with van der Waals surface area (Å²) < 4.78 is 12.0. The van der Waals surface area contributed by atoms with E-state index in [-0.39, 0.29) is 24.6 Å². The highest BCUT2D eigenvalue weighted by Crippen LogP contribution is 2.24. The van der Waals surface area contributed by atoms with Crippen LogP contribution in [0.2, 0.25) is 0 Å². The first-order valence-electron chi connectivity index (χ1n) is 10.1. The number of hydrogen-bond acceptors (Lipinski definition) is 5. The summed E-state index contributed by atoms with van der Waals surface area (Å²) in [5.74, 6) is -0.366. The van der Waals surface area contributed by atoms with E-state index in [1.807, 2.05) is 32.0 Å². The SMILES string of the molecule is CCOC(=O)[C@@H](C)Oc1cccc2c(=O)n(CC(=O)Nc3ccc(C)cc3C)ccc12. The van der Waals surface area contributed by atoms with Gasteiger partial charge < -0.3 is 19.4 Å². The first-order chi connectivity index (χ1) is 14.8. The largest absolute Gasteiger partial charge is 0.478 e. The van der Waals surface area contributed by atoms with E-state index in [1.165, 1.54) is 4.57 Å². The van der Waals surface area contributed by atoms with E-state index < -0.39 is 12.1 Å². The van der Waals surface area contributed by atoms with Gasteiger partial charge in [0.15, 0.2) is 6.10 Å². The molecule has 1 atom stereocenters. The molecule has 162 valence electrons. The lowest BCUT2D eigenvalue weighted by Gasteiger charge is -2.15. The number of benzene rings is 2. The number of carbonyl (C=O) groups is 2. The maximum atomic E-state index is 12.9. The molecule has 0 saturated heterocycles. The summed E-state index contributed by atoms with van der Waals surface area (Å²) in [6.45, 7) is 7.36. The number of carbonyl (C=O) groups excluding carboxylic acids is 2. The van der Waals surface area contributed by atoms with Crippen molar-refractivity contribution in [3.05, 3.63) is 70.1 Å². The predicted octanol–water partition coefficient (Wildman–Crippen LogP) is 3.59. The normalized spacial score (nSPS) is 11.7. The molecule has 1 heterocycles. The van der Waals surface area contributed by atoms with Crippen molar-refractivity contribution in [2.24, 2.45) is 0 Å². The molecule has 3 aromatic rings. The van der Waals surface area contributed by atoms with E-state index in [4.69, 9.17) is 9.47 Å². The van der Waals surface area contributed by atoms with Crippen LogP contribution in [0.5, 0.6) is 5.75 Å². The van der Waals surface area contributed by atoms with Gasteiger partial charge in [-0.25, -0.2) is 4.79 Å². The minimum atomic E-state index is -0.809. The van der Waals surface area contributed by atoms with E-state index in [9.17, 15) is 14.4 Å². The van der Waals surface area contributed by atoms with Gasteiger partial charge in [-0.2, -0.15) is 0 Å². The van der Waals surface area contributed by atoms with Gasteiger partial charge in [0.1, 0.15) is 12.3 Å². The number of aryl methyl sites for hydroxylation is 2. The molecule has 0 spiro atoms. The number of fused-ring (bicyclic) bond motifs is 1. The van der Waals surface area contributed by atoms with Gasteiger partial charge in [0, 0.05) is 17.3 Å². The highest BCUT2D eigenvalue weighted by molar-refractivity contribution is 5.92. The van der Waals surface area contributed by atoms with Crippen molar-refractivity contribution in [2.75, 3.05) is 11.9 Å². The number of rotatable bonds is 7. The second-order valence-corrected chi connectivity index (χ2v) is 7.34. The molecule has 0 bridgehead atoms. The molecule has 0 saturated carbocycles. The molecule has 1 aromatic heterocycles. The third-order valence-electron chi connectivity index (χ3n) is 4.87. The van der Waals surface area contributed by atoms with Crippen LogP contribution in [-0.2, 0) is 20.9 Å². The molecule has 0 fully saturated rings. The highest BCUT2D eigenvalue weighted by Gasteiger charge is 2.18. The van der Waals surface area contributed by atoms with Crippen LogP contribution in [0, 0.1) is 13.8 Å². The number of amides is 1. The molecule has 2 aromatic carbocycles. The second-order valence-electron chi connectivity index (χ2n) is 7.34. The Bertz CT molecular complexity index is 1180. The Morgan fingerprint density at radius 3 is 2.58 bits per heavy atom. The number of hydrogen-bond donors (Lipinski definition) is 1. The van der Waals surface area contributed by atoms with Crippen LogP contribution >= 0.6 is 0 Å². The van der Waals surface area contributed by atoms with Crippen molar-refractivity contribution < 1.29 is 19.1 Å². The predicted molar refractivity (Wildman–Crippen MR) is 119 cm³/mol. The Balaban J connectivity index is 1.82. The molecule has 1 N–H and O–H groups in total. The summed E-state index contributed by atoms with van der Waals surface area (Å²) in [4.78, 5) is 37.3. The lowest BCUT2D eigenvalue weighted by Crippen LogP contribution is -2.28. The summed E-state index contributed by atoms with van der Waals surface area (Å²) in [5, 5.41) is 3.81. The van der Waals surface area contributed by atoms with Crippen LogP contribution < -0.4 is 15.6 Å². The molecule has 3 rings (SSSR count). The molecular weight excluding hydrogens is 396 g/mol. The lowest BCUT2D eigenvalue weighted by molar-refractivity contribution is -0.150. The van der Waals surface area contributed by atoms with Gasteiger partial charge in [-0.1, -0.05) is 23.8 Å². The number of pyridine rings is 1. The summed E-state index contributed by atoms with van der Waals surface area (Å²) in [5.41, 5.74) is 2.46. The van der Waals surface area contributed by atoms with Crippen molar-refractivity contribution in [1.29, 1.82) is 0 Å². The smallest absolute Gasteiger partial charge is 0.347 e. The van der Waals surface area contributed by atoms with Gasteiger partial charge in [-0.05, 0) is 57.5 Å². The second kappa shape index (κ2) is 9.47. The van der Waals surface area contributed by atoms with E-state index in [2.05, 4.69) is 5.32 Å². The zero-order valence-electron chi connectivity index (χ0n) is 18.1. The minimum Gasteiger partial charge on any atom is -0.478 e. The van der Waals surface area contributed by atoms with Gasteiger partial charge >= 0.3 is 5.97 Å². The molecule has 1 amide bonds. The maximum Gasteiger partial charge on any atom is 0.347 e. The van der Waals surface area contributed by atoms with Crippen molar-refractivity contribution in [1.82, 2.24) is 4.57 Å². The standard InChI is InChI=1S/C24H26N2O5/c1-5-30-24(29)17(4)31-21-8-6-7-19-18(21)11-12-26(23(19)28)14-22(27)25-20-10-9-15(2)13-16(20)3/h6-13,17H,5,14H2,1-4H3,(H,25,27)/t17-/m1/s1. The van der Waals surface area contributed by atoms with Gasteiger partial charge in [0.05, 0.1) is 12.0 Å². The molecule has 31 heavy (non-hydrogen) atoms. The fourth-order valence-corrected chi connectivity index (χ4v) is 3.31. The Hall–Kier alpha value is -3.61. The molecule has 0 aliphatic rings. The van der Waals surface area contributed by atoms with Crippen LogP contribution in [0.25, 0.3) is 10.8 Å². The first kappa shape index (κ1) is 22.1. The number of nitrogens with one attached hydrogen (secondary N) is 1. The number of esters is 1. The van der Waals surface area contributed by atoms with Crippen molar-refractivity contribution in [2.45, 2.75) is 40.3 Å². The van der Waals surface area contributed by atoms with Crippen molar-refractivity contribution in [3.8, 4) is 5.75 Å². The third-order valence-corrected chi connectivity index (χ3v) is 4.87. The van der Waals surface area contributed by atoms with Crippen LogP contribution in [-0.4, -0.2) is 29.2 Å². The Labute approximate surface area is 180 Å². The molecule has 0 unspecified atom stereocenters. The number of ether oxygens (including phenoxy) is 2. The van der Waals surface area contributed by atoms with Crippen LogP contribution in [0.1, 0.15) is 25.0 Å². The third kappa shape index (κ3) is 5.12. The minimum absolute atomic E-state index is 0.119. The topological polar surface area (TPSA) is 86.6 Å². The molecular formula is C24H26N2O5. The van der Waals surface area contributed by atoms with E-state index in [0.717, 1.165) is 11.1 Å². The van der Waals surface area contributed by atoms with Gasteiger partial charge in [0.25, 0.3) is 5.56 Å². The van der Waals surface area contributed by atoms with E-state index >= 15 is 0 Å².